The Morgan fingerprint density at radius 2 is 0.727 bits per heavy atom. The molecule has 4 aromatic carbocycles. The van der Waals surface area contributed by atoms with Gasteiger partial charge in [0.2, 0.25) is 0 Å². The van der Waals surface area contributed by atoms with E-state index in [1.165, 1.54) is 101 Å². The number of ether oxygens (including phenoxy) is 2. The molecule has 0 N–H and O–H groups in total. The normalized spacial score (nSPS) is 11.3. The van der Waals surface area contributed by atoms with Crippen LogP contribution in [0, 0.1) is 0 Å². The second-order valence-electron chi connectivity index (χ2n) is 13.8. The standard InChI is InChI=1S/2C22H30O4S.Ca/c2*1-2-3-4-5-6-7-8-10-13-19-16-21(18-22(17-19)27(23,24)25)26-20-14-11-9-12-15-20;/h2*9,11-12,14-18H,2-8,10,13H2,1H3,(H,23,24,25);/q;;+2/p-2. The molecule has 0 bridgehead atoms. The minimum Gasteiger partial charge on any atom is -0.744 e. The summed E-state index contributed by atoms with van der Waals surface area (Å²) in [5.74, 6) is 1.98. The van der Waals surface area contributed by atoms with Gasteiger partial charge >= 0.3 is 37.7 Å². The van der Waals surface area contributed by atoms with Crippen LogP contribution in [0.25, 0.3) is 0 Å². The third kappa shape index (κ3) is 21.1. The van der Waals surface area contributed by atoms with Gasteiger partial charge in [0.15, 0.2) is 0 Å². The van der Waals surface area contributed by atoms with Crippen molar-refractivity contribution < 1.29 is 35.4 Å². The van der Waals surface area contributed by atoms with Crippen molar-refractivity contribution in [2.45, 2.75) is 139 Å². The predicted molar refractivity (Wildman–Crippen MR) is 220 cm³/mol. The third-order valence-electron chi connectivity index (χ3n) is 9.05. The Balaban J connectivity index is 0.000000373. The van der Waals surface area contributed by atoms with E-state index in [1.807, 2.05) is 48.5 Å². The van der Waals surface area contributed by atoms with E-state index >= 15 is 0 Å². The van der Waals surface area contributed by atoms with Crippen LogP contribution in [0.2, 0.25) is 0 Å². The van der Waals surface area contributed by atoms with Crippen molar-refractivity contribution in [3.05, 3.63) is 108 Å². The van der Waals surface area contributed by atoms with Gasteiger partial charge in [-0.1, -0.05) is 140 Å². The van der Waals surface area contributed by atoms with Gasteiger partial charge in [-0.25, -0.2) is 16.8 Å². The van der Waals surface area contributed by atoms with Gasteiger partial charge in [0.1, 0.15) is 43.2 Å². The Hall–Kier alpha value is -2.44. The molecule has 0 aromatic heterocycles. The van der Waals surface area contributed by atoms with Crippen LogP contribution >= 0.6 is 0 Å². The zero-order valence-corrected chi connectivity index (χ0v) is 36.6. The molecule has 0 spiro atoms. The summed E-state index contributed by atoms with van der Waals surface area (Å²) in [6.45, 7) is 4.43. The van der Waals surface area contributed by atoms with Gasteiger partial charge < -0.3 is 18.6 Å². The number of benzene rings is 4. The molecule has 0 fully saturated rings. The number of hydrogen-bond donors (Lipinski definition) is 0. The molecule has 55 heavy (non-hydrogen) atoms. The first-order valence-corrected chi connectivity index (χ1v) is 22.4. The van der Waals surface area contributed by atoms with Crippen molar-refractivity contribution in [3.63, 3.8) is 0 Å². The summed E-state index contributed by atoms with van der Waals surface area (Å²) < 4.78 is 80.3. The predicted octanol–water partition coefficient (Wildman–Crippen LogP) is 11.8. The molecule has 0 aliphatic carbocycles. The van der Waals surface area contributed by atoms with E-state index < -0.39 is 20.2 Å². The summed E-state index contributed by atoms with van der Waals surface area (Å²) in [6.07, 6.45) is 20.8. The molecule has 0 aliphatic heterocycles. The van der Waals surface area contributed by atoms with Gasteiger partial charge in [-0.3, -0.25) is 0 Å². The number of aryl methyl sites for hydroxylation is 2. The summed E-state index contributed by atoms with van der Waals surface area (Å²) in [5, 5.41) is 0. The first kappa shape index (κ1) is 48.7. The fraction of sp³-hybridized carbons (Fsp3) is 0.455. The summed E-state index contributed by atoms with van der Waals surface area (Å²) >= 11 is 0. The first-order chi connectivity index (χ1) is 26.0. The van der Waals surface area contributed by atoms with Gasteiger partial charge in [0.25, 0.3) is 0 Å². The molecular formula is C44H58CaO8S2. The van der Waals surface area contributed by atoms with E-state index in [1.54, 1.807) is 24.3 Å². The first-order valence-electron chi connectivity index (χ1n) is 19.6. The SMILES string of the molecule is CCCCCCCCCCc1cc(Oc2ccccc2)cc(S(=O)(=O)[O-])c1.CCCCCCCCCCc1cc(Oc2ccccc2)cc(S(=O)(=O)[O-])c1.[Ca+2]. The molecule has 296 valence electrons. The number of hydrogen-bond acceptors (Lipinski definition) is 8. The Kier molecular flexibility index (Phi) is 24.1. The van der Waals surface area contributed by atoms with Crippen molar-refractivity contribution in [1.29, 1.82) is 0 Å². The van der Waals surface area contributed by atoms with E-state index in [9.17, 15) is 25.9 Å². The second kappa shape index (κ2) is 27.2. The van der Waals surface area contributed by atoms with E-state index in [-0.39, 0.29) is 47.5 Å². The zero-order chi connectivity index (χ0) is 39.1. The van der Waals surface area contributed by atoms with Crippen molar-refractivity contribution in [2.75, 3.05) is 0 Å². The molecule has 11 heteroatoms. The summed E-state index contributed by atoms with van der Waals surface area (Å²) in [4.78, 5) is -0.462. The molecule has 0 unspecified atom stereocenters. The smallest absolute Gasteiger partial charge is 0.744 e. The summed E-state index contributed by atoms with van der Waals surface area (Å²) in [7, 11) is -9.04. The van der Waals surface area contributed by atoms with Crippen LogP contribution in [0.3, 0.4) is 0 Å². The largest absolute Gasteiger partial charge is 2.00 e. The van der Waals surface area contributed by atoms with Crippen molar-refractivity contribution in [1.82, 2.24) is 0 Å². The maximum Gasteiger partial charge on any atom is 2.00 e. The van der Waals surface area contributed by atoms with Gasteiger partial charge in [0.05, 0.1) is 9.79 Å². The third-order valence-corrected chi connectivity index (χ3v) is 10.7. The molecule has 0 amide bonds. The minimum absolute atomic E-state index is 0. The summed E-state index contributed by atoms with van der Waals surface area (Å²) in [6, 6.07) is 27.4. The fourth-order valence-electron chi connectivity index (χ4n) is 6.13. The van der Waals surface area contributed by atoms with Crippen LogP contribution in [0.1, 0.15) is 128 Å². The quantitative estimate of drug-likeness (QED) is 0.0388. The molecule has 0 saturated carbocycles. The molecular weight excluding hydrogens is 761 g/mol. The van der Waals surface area contributed by atoms with E-state index in [0.29, 0.717) is 23.0 Å². The van der Waals surface area contributed by atoms with Crippen LogP contribution in [-0.4, -0.2) is 63.7 Å². The second-order valence-corrected chi connectivity index (χ2v) is 16.6. The summed E-state index contributed by atoms with van der Waals surface area (Å²) in [5.41, 5.74) is 1.65. The Labute approximate surface area is 361 Å². The number of para-hydroxylation sites is 2. The van der Waals surface area contributed by atoms with E-state index in [0.717, 1.165) is 49.7 Å². The van der Waals surface area contributed by atoms with Crippen LogP contribution in [-0.2, 0) is 33.1 Å². The average Bonchev–Trinajstić information content (AvgIpc) is 3.14. The Bertz CT molecular complexity index is 1710. The monoisotopic (exact) mass is 818 g/mol. The molecule has 0 heterocycles. The molecule has 4 aromatic rings. The topological polar surface area (TPSA) is 133 Å². The van der Waals surface area contributed by atoms with Gasteiger partial charge in [-0.15, -0.1) is 0 Å². The van der Waals surface area contributed by atoms with Gasteiger partial charge in [-0.05, 0) is 97.5 Å². The van der Waals surface area contributed by atoms with Crippen LogP contribution in [0.5, 0.6) is 23.0 Å². The van der Waals surface area contributed by atoms with Crippen molar-refractivity contribution in [3.8, 4) is 23.0 Å². The fourth-order valence-corrected chi connectivity index (χ4v) is 7.24. The van der Waals surface area contributed by atoms with Gasteiger partial charge in [-0.2, -0.15) is 0 Å². The van der Waals surface area contributed by atoms with Crippen molar-refractivity contribution >= 4 is 58.0 Å². The number of unbranched alkanes of at least 4 members (excludes halogenated alkanes) is 14. The molecule has 0 saturated heterocycles. The molecule has 4 rings (SSSR count). The molecule has 0 aliphatic rings. The minimum atomic E-state index is -4.52. The Morgan fingerprint density at radius 3 is 1.04 bits per heavy atom. The zero-order valence-electron chi connectivity index (χ0n) is 32.8. The van der Waals surface area contributed by atoms with Crippen molar-refractivity contribution in [2.24, 2.45) is 0 Å². The Morgan fingerprint density at radius 1 is 0.418 bits per heavy atom. The van der Waals surface area contributed by atoms with Crippen LogP contribution in [0.15, 0.2) is 107 Å². The van der Waals surface area contributed by atoms with E-state index in [2.05, 4.69) is 13.8 Å². The molecule has 0 radical (unpaired) electrons. The maximum atomic E-state index is 11.5. The van der Waals surface area contributed by atoms with Crippen LogP contribution in [0.4, 0.5) is 0 Å². The van der Waals surface area contributed by atoms with Crippen LogP contribution < -0.4 is 9.47 Å². The average molecular weight is 819 g/mol. The maximum absolute atomic E-state index is 11.5. The van der Waals surface area contributed by atoms with Gasteiger partial charge in [0, 0.05) is 0 Å². The van der Waals surface area contributed by atoms with E-state index in [4.69, 9.17) is 9.47 Å². The molecule has 8 nitrogen and oxygen atoms in total. The molecule has 0 atom stereocenters. The number of rotatable bonds is 24.